The fourth-order valence-corrected chi connectivity index (χ4v) is 3.94. The molecular formula is C20H19FN6O2. The van der Waals surface area contributed by atoms with Crippen LogP contribution in [0.3, 0.4) is 0 Å². The maximum atomic E-state index is 14.6. The molecule has 0 spiro atoms. The van der Waals surface area contributed by atoms with Gasteiger partial charge in [-0.15, -0.1) is 0 Å². The van der Waals surface area contributed by atoms with Crippen molar-refractivity contribution in [2.45, 2.75) is 18.9 Å². The van der Waals surface area contributed by atoms with Gasteiger partial charge < -0.3 is 10.4 Å². The number of rotatable bonds is 2. The summed E-state index contributed by atoms with van der Waals surface area (Å²) in [6, 6.07) is 4.98. The van der Waals surface area contributed by atoms with Crippen molar-refractivity contribution in [3.05, 3.63) is 46.8 Å². The van der Waals surface area contributed by atoms with Gasteiger partial charge in [0.1, 0.15) is 5.52 Å². The van der Waals surface area contributed by atoms with Crippen molar-refractivity contribution in [1.82, 2.24) is 29.9 Å². The first-order chi connectivity index (χ1) is 14.0. The third-order valence-electron chi connectivity index (χ3n) is 5.43. The summed E-state index contributed by atoms with van der Waals surface area (Å²) in [4.78, 5) is 17.4. The lowest BCUT2D eigenvalue weighted by atomic mass is 10.1. The number of phenolic OH excluding ortho intramolecular Hbond substituents is 1. The van der Waals surface area contributed by atoms with E-state index in [0.29, 0.717) is 22.0 Å². The van der Waals surface area contributed by atoms with E-state index in [1.165, 1.54) is 9.36 Å². The van der Waals surface area contributed by atoms with Gasteiger partial charge in [-0.3, -0.25) is 9.48 Å². The Bertz CT molecular complexity index is 1310. The van der Waals surface area contributed by atoms with Crippen molar-refractivity contribution in [3.63, 3.8) is 0 Å². The van der Waals surface area contributed by atoms with E-state index in [-0.39, 0.29) is 22.7 Å². The molecule has 0 bridgehead atoms. The zero-order chi connectivity index (χ0) is 20.1. The third-order valence-corrected chi connectivity index (χ3v) is 5.43. The zero-order valence-corrected chi connectivity index (χ0v) is 15.8. The van der Waals surface area contributed by atoms with Crippen LogP contribution in [0.4, 0.5) is 4.39 Å². The molecule has 4 heterocycles. The van der Waals surface area contributed by atoms with Crippen LogP contribution >= 0.6 is 0 Å². The number of aromatic hydroxyl groups is 1. The second-order valence-corrected chi connectivity index (χ2v) is 7.33. The molecule has 5 rings (SSSR count). The van der Waals surface area contributed by atoms with E-state index in [1.807, 2.05) is 0 Å². The van der Waals surface area contributed by atoms with Gasteiger partial charge in [-0.05, 0) is 44.1 Å². The molecule has 3 aromatic heterocycles. The normalized spacial score (nSPS) is 15.4. The van der Waals surface area contributed by atoms with Crippen LogP contribution in [0.1, 0.15) is 18.9 Å². The van der Waals surface area contributed by atoms with Crippen molar-refractivity contribution >= 4 is 21.8 Å². The van der Waals surface area contributed by atoms with Crippen LogP contribution in [0.5, 0.6) is 5.75 Å². The highest BCUT2D eigenvalue weighted by molar-refractivity contribution is 5.89. The van der Waals surface area contributed by atoms with Gasteiger partial charge in [-0.2, -0.15) is 10.2 Å². The summed E-state index contributed by atoms with van der Waals surface area (Å²) in [5.74, 6) is -1.31. The first kappa shape index (κ1) is 17.7. The van der Waals surface area contributed by atoms with Crippen molar-refractivity contribution in [1.29, 1.82) is 0 Å². The van der Waals surface area contributed by atoms with E-state index in [0.717, 1.165) is 25.9 Å². The molecule has 0 atom stereocenters. The second-order valence-electron chi connectivity index (χ2n) is 7.33. The molecule has 1 aliphatic rings. The highest BCUT2D eigenvalue weighted by atomic mass is 19.1. The summed E-state index contributed by atoms with van der Waals surface area (Å²) < 4.78 is 17.6. The van der Waals surface area contributed by atoms with Gasteiger partial charge in [0.15, 0.2) is 11.6 Å². The average Bonchev–Trinajstić information content (AvgIpc) is 3.12. The molecule has 0 aliphatic carbocycles. The minimum Gasteiger partial charge on any atom is -0.504 e. The predicted octanol–water partition coefficient (Wildman–Crippen LogP) is 2.11. The Balaban J connectivity index is 1.63. The lowest BCUT2D eigenvalue weighted by Gasteiger charge is -2.23. The SMILES string of the molecule is Cn1cc2cc(-c3ccc4c(=O)n(C5CCNCC5)ncc4n3)c(O)c(F)c2n1. The average molecular weight is 394 g/mol. The van der Waals surface area contributed by atoms with E-state index in [2.05, 4.69) is 20.5 Å². The third kappa shape index (κ3) is 2.85. The Morgan fingerprint density at radius 3 is 2.86 bits per heavy atom. The van der Waals surface area contributed by atoms with Gasteiger partial charge in [0.25, 0.3) is 5.56 Å². The minimum atomic E-state index is -0.792. The number of nitrogens with zero attached hydrogens (tertiary/aromatic N) is 5. The highest BCUT2D eigenvalue weighted by Gasteiger charge is 2.20. The summed E-state index contributed by atoms with van der Waals surface area (Å²) in [5.41, 5.74) is 0.921. The Morgan fingerprint density at radius 1 is 1.28 bits per heavy atom. The molecule has 2 N–H and O–H groups in total. The number of pyridine rings is 1. The topological polar surface area (TPSA) is 97.9 Å². The maximum Gasteiger partial charge on any atom is 0.276 e. The van der Waals surface area contributed by atoms with Crippen LogP contribution in [0.2, 0.25) is 0 Å². The number of phenols is 1. The van der Waals surface area contributed by atoms with Gasteiger partial charge in [-0.1, -0.05) is 0 Å². The van der Waals surface area contributed by atoms with Crippen LogP contribution in [-0.2, 0) is 7.05 Å². The lowest BCUT2D eigenvalue weighted by molar-refractivity contribution is 0.333. The Kier molecular flexibility index (Phi) is 4.06. The van der Waals surface area contributed by atoms with E-state index in [4.69, 9.17) is 0 Å². The lowest BCUT2D eigenvalue weighted by Crippen LogP contribution is -2.35. The molecule has 8 nitrogen and oxygen atoms in total. The van der Waals surface area contributed by atoms with E-state index >= 15 is 0 Å². The van der Waals surface area contributed by atoms with Crippen molar-refractivity contribution < 1.29 is 9.50 Å². The summed E-state index contributed by atoms with van der Waals surface area (Å²) in [6.45, 7) is 1.71. The van der Waals surface area contributed by atoms with Crippen LogP contribution < -0.4 is 10.9 Å². The molecule has 1 aliphatic heterocycles. The minimum absolute atomic E-state index is 0.0685. The molecular weight excluding hydrogens is 375 g/mol. The van der Waals surface area contributed by atoms with Gasteiger partial charge in [0.05, 0.1) is 28.8 Å². The highest BCUT2D eigenvalue weighted by Crippen LogP contribution is 2.35. The largest absolute Gasteiger partial charge is 0.504 e. The number of halogens is 1. The maximum absolute atomic E-state index is 14.6. The molecule has 0 saturated carbocycles. The van der Waals surface area contributed by atoms with E-state index in [1.54, 1.807) is 37.6 Å². The fourth-order valence-electron chi connectivity index (χ4n) is 3.94. The Labute approximate surface area is 164 Å². The van der Waals surface area contributed by atoms with Crippen molar-refractivity contribution in [3.8, 4) is 17.0 Å². The van der Waals surface area contributed by atoms with Crippen LogP contribution in [0.25, 0.3) is 33.1 Å². The van der Waals surface area contributed by atoms with Crippen LogP contribution in [0, 0.1) is 5.82 Å². The number of hydrogen-bond donors (Lipinski definition) is 2. The molecule has 4 aromatic rings. The summed E-state index contributed by atoms with van der Waals surface area (Å²) in [7, 11) is 1.68. The number of nitrogens with one attached hydrogen (secondary N) is 1. The summed E-state index contributed by atoms with van der Waals surface area (Å²) in [6.07, 6.45) is 4.92. The monoisotopic (exact) mass is 394 g/mol. The van der Waals surface area contributed by atoms with E-state index in [9.17, 15) is 14.3 Å². The number of benzene rings is 1. The molecule has 148 valence electrons. The molecule has 0 radical (unpaired) electrons. The van der Waals surface area contributed by atoms with Gasteiger partial charge in [0, 0.05) is 24.2 Å². The quantitative estimate of drug-likeness (QED) is 0.540. The summed E-state index contributed by atoms with van der Waals surface area (Å²) in [5, 5.41) is 23.0. The molecule has 1 fully saturated rings. The molecule has 0 unspecified atom stereocenters. The summed E-state index contributed by atoms with van der Waals surface area (Å²) >= 11 is 0. The van der Waals surface area contributed by atoms with Gasteiger partial charge in [0.2, 0.25) is 0 Å². The molecule has 1 aromatic carbocycles. The molecule has 0 amide bonds. The number of hydrogen-bond acceptors (Lipinski definition) is 6. The fraction of sp³-hybridized carbons (Fsp3) is 0.300. The van der Waals surface area contributed by atoms with Crippen molar-refractivity contribution in [2.75, 3.05) is 13.1 Å². The Hall–Kier alpha value is -3.33. The molecule has 1 saturated heterocycles. The molecule has 29 heavy (non-hydrogen) atoms. The molecule has 9 heteroatoms. The predicted molar refractivity (Wildman–Crippen MR) is 106 cm³/mol. The van der Waals surface area contributed by atoms with Crippen molar-refractivity contribution in [2.24, 2.45) is 7.05 Å². The second kappa shape index (κ2) is 6.63. The smallest absolute Gasteiger partial charge is 0.276 e. The number of piperidine rings is 1. The van der Waals surface area contributed by atoms with Gasteiger partial charge in [-0.25, -0.2) is 14.1 Å². The van der Waals surface area contributed by atoms with Gasteiger partial charge >= 0.3 is 0 Å². The van der Waals surface area contributed by atoms with E-state index < -0.39 is 11.6 Å². The first-order valence-electron chi connectivity index (χ1n) is 9.47. The zero-order valence-electron chi connectivity index (χ0n) is 15.8. The number of aromatic nitrogens is 5. The standard InChI is InChI=1S/C20H19FN6O2/c1-26-10-11-8-14(19(28)17(21)18(11)25-26)15-3-2-13-16(24-15)9-23-27(20(13)29)12-4-6-22-7-5-12/h2-3,8-10,12,22,28H,4-7H2,1H3. The number of fused-ring (bicyclic) bond motifs is 2. The van der Waals surface area contributed by atoms with Crippen LogP contribution in [0.15, 0.2) is 35.4 Å². The van der Waals surface area contributed by atoms with Crippen LogP contribution in [-0.4, -0.2) is 42.7 Å². The number of aryl methyl sites for hydroxylation is 1. The Morgan fingerprint density at radius 2 is 2.07 bits per heavy atom. The first-order valence-corrected chi connectivity index (χ1v) is 9.47.